The number of hydrogen-bond donors (Lipinski definition) is 3. The van der Waals surface area contributed by atoms with Gasteiger partial charge in [0.2, 0.25) is 11.8 Å². The Morgan fingerprint density at radius 3 is 2.71 bits per heavy atom. The number of nitriles is 1. The summed E-state index contributed by atoms with van der Waals surface area (Å²) in [6.07, 6.45) is 0. The average Bonchev–Trinajstić information content (AvgIpc) is 3.04. The molecule has 0 aliphatic carbocycles. The van der Waals surface area contributed by atoms with Gasteiger partial charge in [0, 0.05) is 16.8 Å². The first-order chi connectivity index (χ1) is 13.5. The fraction of sp³-hybridized carbons (Fsp3) is 0.429. The molecule has 7 heteroatoms. The summed E-state index contributed by atoms with van der Waals surface area (Å²) in [4.78, 5) is 1.52. The number of nitrogens with one attached hydrogen (secondary N) is 2. The van der Waals surface area contributed by atoms with Crippen LogP contribution in [0.25, 0.3) is 0 Å². The zero-order valence-electron chi connectivity index (χ0n) is 16.6. The van der Waals surface area contributed by atoms with E-state index in [1.807, 2.05) is 6.92 Å². The summed E-state index contributed by atoms with van der Waals surface area (Å²) in [5.41, 5.74) is 13.1. The van der Waals surface area contributed by atoms with E-state index in [0.29, 0.717) is 11.5 Å². The van der Waals surface area contributed by atoms with E-state index < -0.39 is 0 Å². The first kappa shape index (κ1) is 18.5. The lowest BCUT2D eigenvalue weighted by atomic mass is 9.81. The number of nitrogens with two attached hydrogens (primary N) is 1. The summed E-state index contributed by atoms with van der Waals surface area (Å²) in [6, 6.07) is 6.72. The van der Waals surface area contributed by atoms with Crippen LogP contribution >= 0.6 is 0 Å². The van der Waals surface area contributed by atoms with E-state index >= 15 is 0 Å². The molecular weight excluding hydrogens is 354 g/mol. The SMILES string of the molecule is Cc1cc(C)c([C@@H]2C(C#N)=C(N)Oc3n[nH]c(C)c32)cc1C[NH+]1CCOCC1. The molecule has 28 heavy (non-hydrogen) atoms. The topological polar surface area (TPSA) is 101 Å². The molecule has 2 aliphatic rings. The number of aryl methyl sites for hydroxylation is 3. The first-order valence-electron chi connectivity index (χ1n) is 9.63. The normalized spacial score (nSPS) is 19.9. The van der Waals surface area contributed by atoms with Gasteiger partial charge in [-0.2, -0.15) is 5.26 Å². The lowest BCUT2D eigenvalue weighted by molar-refractivity contribution is -0.921. The van der Waals surface area contributed by atoms with Crippen molar-refractivity contribution in [3.05, 3.63) is 57.1 Å². The predicted molar refractivity (Wildman–Crippen MR) is 104 cm³/mol. The maximum Gasteiger partial charge on any atom is 0.244 e. The van der Waals surface area contributed by atoms with Gasteiger partial charge in [-0.05, 0) is 43.5 Å². The number of hydrogen-bond acceptors (Lipinski definition) is 5. The summed E-state index contributed by atoms with van der Waals surface area (Å²) < 4.78 is 11.1. The average molecular weight is 380 g/mol. The lowest BCUT2D eigenvalue weighted by Crippen LogP contribution is -3.12. The molecule has 0 radical (unpaired) electrons. The summed E-state index contributed by atoms with van der Waals surface area (Å²) >= 11 is 0. The third-order valence-electron chi connectivity index (χ3n) is 5.81. The van der Waals surface area contributed by atoms with Crippen molar-refractivity contribution in [3.63, 3.8) is 0 Å². The van der Waals surface area contributed by atoms with Crippen molar-refractivity contribution >= 4 is 0 Å². The first-order valence-corrected chi connectivity index (χ1v) is 9.63. The molecule has 2 aromatic rings. The van der Waals surface area contributed by atoms with Crippen molar-refractivity contribution in [2.45, 2.75) is 33.2 Å². The van der Waals surface area contributed by atoms with Gasteiger partial charge in [0.05, 0.1) is 19.1 Å². The zero-order chi connectivity index (χ0) is 19.8. The van der Waals surface area contributed by atoms with Crippen LogP contribution < -0.4 is 15.4 Å². The standard InChI is InChI=1S/C21H25N5O2/c1-12-8-13(2)16(9-15(12)11-26-4-6-27-7-5-26)19-17(10-22)20(23)28-21-18(19)14(3)24-25-21/h8-9,19H,4-7,11,23H2,1-3H3,(H,24,25)/p+1/t19-/m1/s1. The van der Waals surface area contributed by atoms with Gasteiger partial charge in [-0.25, -0.2) is 0 Å². The second-order valence-electron chi connectivity index (χ2n) is 7.67. The summed E-state index contributed by atoms with van der Waals surface area (Å²) in [5.74, 6) is 0.317. The second-order valence-corrected chi connectivity index (χ2v) is 7.67. The number of allylic oxidation sites excluding steroid dienone is 1. The molecule has 4 N–H and O–H groups in total. The lowest BCUT2D eigenvalue weighted by Gasteiger charge is -2.27. The van der Waals surface area contributed by atoms with E-state index in [0.717, 1.165) is 55.2 Å². The summed E-state index contributed by atoms with van der Waals surface area (Å²) in [5, 5.41) is 17.0. The Kier molecular flexibility index (Phi) is 4.84. The molecule has 0 spiro atoms. The Hall–Kier alpha value is -2.82. The van der Waals surface area contributed by atoms with Crippen molar-refractivity contribution in [3.8, 4) is 11.9 Å². The quantitative estimate of drug-likeness (QED) is 0.737. The van der Waals surface area contributed by atoms with Crippen LogP contribution in [0.4, 0.5) is 0 Å². The zero-order valence-corrected chi connectivity index (χ0v) is 16.6. The van der Waals surface area contributed by atoms with E-state index in [2.05, 4.69) is 42.2 Å². The molecule has 1 atom stereocenters. The van der Waals surface area contributed by atoms with Crippen molar-refractivity contribution in [2.24, 2.45) is 5.73 Å². The van der Waals surface area contributed by atoms with Crippen LogP contribution in [0, 0.1) is 32.1 Å². The van der Waals surface area contributed by atoms with Gasteiger partial charge in [-0.1, -0.05) is 6.07 Å². The Labute approximate surface area is 164 Å². The molecule has 1 saturated heterocycles. The molecule has 1 fully saturated rings. The highest BCUT2D eigenvalue weighted by molar-refractivity contribution is 5.57. The van der Waals surface area contributed by atoms with Gasteiger partial charge in [0.1, 0.15) is 31.3 Å². The third-order valence-corrected chi connectivity index (χ3v) is 5.81. The monoisotopic (exact) mass is 380 g/mol. The van der Waals surface area contributed by atoms with Gasteiger partial charge in [-0.15, -0.1) is 5.10 Å². The van der Waals surface area contributed by atoms with Crippen LogP contribution in [0.15, 0.2) is 23.6 Å². The number of rotatable bonds is 3. The smallest absolute Gasteiger partial charge is 0.244 e. The van der Waals surface area contributed by atoms with E-state index in [4.69, 9.17) is 15.2 Å². The Morgan fingerprint density at radius 2 is 2.00 bits per heavy atom. The van der Waals surface area contributed by atoms with Crippen LogP contribution in [-0.2, 0) is 11.3 Å². The maximum absolute atomic E-state index is 9.81. The molecule has 146 valence electrons. The minimum absolute atomic E-state index is 0.131. The second kappa shape index (κ2) is 7.30. The van der Waals surface area contributed by atoms with Crippen LogP contribution in [0.3, 0.4) is 0 Å². The van der Waals surface area contributed by atoms with Crippen LogP contribution in [0.1, 0.15) is 39.4 Å². The van der Waals surface area contributed by atoms with Gasteiger partial charge < -0.3 is 20.1 Å². The predicted octanol–water partition coefficient (Wildman–Crippen LogP) is 0.968. The van der Waals surface area contributed by atoms with E-state index in [1.165, 1.54) is 16.0 Å². The summed E-state index contributed by atoms with van der Waals surface area (Å²) in [6.45, 7) is 10.8. The highest BCUT2D eigenvalue weighted by Crippen LogP contribution is 2.43. The maximum atomic E-state index is 9.81. The number of quaternary nitrogens is 1. The number of nitrogens with zero attached hydrogens (tertiary/aromatic N) is 2. The molecule has 0 amide bonds. The number of fused-ring (bicyclic) bond motifs is 1. The third kappa shape index (κ3) is 3.15. The highest BCUT2D eigenvalue weighted by Gasteiger charge is 2.35. The molecule has 1 aromatic carbocycles. The van der Waals surface area contributed by atoms with E-state index in [-0.39, 0.29) is 11.8 Å². The molecule has 7 nitrogen and oxygen atoms in total. The number of aromatic amines is 1. The number of H-pyrrole nitrogens is 1. The van der Waals surface area contributed by atoms with Gasteiger partial charge >= 0.3 is 0 Å². The van der Waals surface area contributed by atoms with Crippen molar-refractivity contribution in [1.29, 1.82) is 5.26 Å². The summed E-state index contributed by atoms with van der Waals surface area (Å²) in [7, 11) is 0. The van der Waals surface area contributed by atoms with Crippen molar-refractivity contribution in [2.75, 3.05) is 26.3 Å². The molecule has 0 unspecified atom stereocenters. The molecule has 0 bridgehead atoms. The molecule has 3 heterocycles. The number of morpholine rings is 1. The molecule has 1 aromatic heterocycles. The number of ether oxygens (including phenoxy) is 2. The molecule has 0 saturated carbocycles. The Morgan fingerprint density at radius 1 is 1.25 bits per heavy atom. The molecular formula is C21H26N5O2+. The van der Waals surface area contributed by atoms with Crippen LogP contribution in [-0.4, -0.2) is 36.5 Å². The minimum atomic E-state index is -0.272. The largest absolute Gasteiger partial charge is 0.420 e. The van der Waals surface area contributed by atoms with E-state index in [9.17, 15) is 5.26 Å². The Balaban J connectivity index is 1.80. The number of aromatic nitrogens is 2. The van der Waals surface area contributed by atoms with E-state index in [1.54, 1.807) is 0 Å². The van der Waals surface area contributed by atoms with Gasteiger partial charge in [0.25, 0.3) is 0 Å². The Bertz CT molecular complexity index is 979. The van der Waals surface area contributed by atoms with Crippen molar-refractivity contribution < 1.29 is 14.4 Å². The van der Waals surface area contributed by atoms with Crippen LogP contribution in [0.5, 0.6) is 5.88 Å². The van der Waals surface area contributed by atoms with Gasteiger partial charge in [0.15, 0.2) is 0 Å². The number of benzene rings is 1. The molecule has 4 rings (SSSR count). The fourth-order valence-corrected chi connectivity index (χ4v) is 4.23. The van der Waals surface area contributed by atoms with Gasteiger partial charge in [-0.3, -0.25) is 5.10 Å². The minimum Gasteiger partial charge on any atom is -0.420 e. The molecule has 2 aliphatic heterocycles. The van der Waals surface area contributed by atoms with Crippen molar-refractivity contribution in [1.82, 2.24) is 10.2 Å². The fourth-order valence-electron chi connectivity index (χ4n) is 4.23. The van der Waals surface area contributed by atoms with Crippen LogP contribution in [0.2, 0.25) is 0 Å². The highest BCUT2D eigenvalue weighted by atomic mass is 16.5.